The molecule has 0 fully saturated rings. The highest BCUT2D eigenvalue weighted by Crippen LogP contribution is 2.46. The molecule has 5 heteroatoms. The molecule has 0 amide bonds. The number of rotatable bonds is 2. The first kappa shape index (κ1) is 14.1. The number of fused-ring (bicyclic) bond motifs is 2. The van der Waals surface area contributed by atoms with E-state index >= 15 is 0 Å². The minimum Gasteiger partial charge on any atom is -0.507 e. The standard InChI is InChI=1S/C17H14O5/c1-2-5-10-15(20)11-12(17(22)16(10)21)14(19)9-7-4-3-6-8(9)13(11)18/h3-4,6-7,20-22H,2,5H2,1H3. The molecule has 3 rings (SSSR count). The molecule has 0 saturated heterocycles. The van der Waals surface area contributed by atoms with Gasteiger partial charge in [-0.1, -0.05) is 37.6 Å². The second-order valence-electron chi connectivity index (χ2n) is 5.23. The van der Waals surface area contributed by atoms with Crippen LogP contribution in [-0.4, -0.2) is 26.9 Å². The molecule has 3 N–H and O–H groups in total. The fourth-order valence-electron chi connectivity index (χ4n) is 2.84. The van der Waals surface area contributed by atoms with Gasteiger partial charge in [-0.15, -0.1) is 0 Å². The molecule has 5 nitrogen and oxygen atoms in total. The van der Waals surface area contributed by atoms with Crippen LogP contribution < -0.4 is 0 Å². The molecule has 0 spiro atoms. The molecule has 0 saturated carbocycles. The van der Waals surface area contributed by atoms with Gasteiger partial charge in [-0.2, -0.15) is 0 Å². The van der Waals surface area contributed by atoms with Crippen LogP contribution in [0.5, 0.6) is 17.2 Å². The average molecular weight is 298 g/mol. The van der Waals surface area contributed by atoms with E-state index < -0.39 is 28.8 Å². The summed E-state index contributed by atoms with van der Waals surface area (Å²) in [5, 5.41) is 30.5. The van der Waals surface area contributed by atoms with Gasteiger partial charge in [-0.25, -0.2) is 0 Å². The summed E-state index contributed by atoms with van der Waals surface area (Å²) >= 11 is 0. The molecular formula is C17H14O5. The number of phenols is 3. The first-order valence-electron chi connectivity index (χ1n) is 6.97. The number of hydrogen-bond acceptors (Lipinski definition) is 5. The molecule has 112 valence electrons. The Morgan fingerprint density at radius 1 is 0.818 bits per heavy atom. The molecule has 0 bridgehead atoms. The lowest BCUT2D eigenvalue weighted by molar-refractivity contribution is 0.0973. The van der Waals surface area contributed by atoms with E-state index in [2.05, 4.69) is 0 Å². The van der Waals surface area contributed by atoms with Crippen molar-refractivity contribution < 1.29 is 24.9 Å². The zero-order chi connectivity index (χ0) is 16.0. The van der Waals surface area contributed by atoms with E-state index in [1.807, 2.05) is 6.92 Å². The van der Waals surface area contributed by atoms with Crippen LogP contribution in [0.1, 0.15) is 50.8 Å². The molecule has 0 aliphatic heterocycles. The third-order valence-corrected chi connectivity index (χ3v) is 3.89. The van der Waals surface area contributed by atoms with Gasteiger partial charge in [0.2, 0.25) is 0 Å². The van der Waals surface area contributed by atoms with Gasteiger partial charge in [0, 0.05) is 16.7 Å². The molecule has 0 radical (unpaired) electrons. The number of carbonyl (C=O) groups is 2. The lowest BCUT2D eigenvalue weighted by Gasteiger charge is -2.22. The predicted molar refractivity (Wildman–Crippen MR) is 78.7 cm³/mol. The van der Waals surface area contributed by atoms with Gasteiger partial charge in [0.1, 0.15) is 5.75 Å². The van der Waals surface area contributed by atoms with Crippen molar-refractivity contribution in [1.82, 2.24) is 0 Å². The van der Waals surface area contributed by atoms with Crippen LogP contribution in [0.3, 0.4) is 0 Å². The minimum absolute atomic E-state index is 0.0827. The van der Waals surface area contributed by atoms with E-state index in [1.54, 1.807) is 12.1 Å². The number of ketones is 2. The van der Waals surface area contributed by atoms with Crippen molar-refractivity contribution in [3.63, 3.8) is 0 Å². The van der Waals surface area contributed by atoms with Gasteiger partial charge in [0.15, 0.2) is 23.1 Å². The summed E-state index contributed by atoms with van der Waals surface area (Å²) in [5.74, 6) is -2.74. The third kappa shape index (κ3) is 1.72. The van der Waals surface area contributed by atoms with Crippen LogP contribution in [0.4, 0.5) is 0 Å². The van der Waals surface area contributed by atoms with E-state index in [0.717, 1.165) is 0 Å². The molecule has 1 aliphatic rings. The summed E-state index contributed by atoms with van der Waals surface area (Å²) in [5.41, 5.74) is -0.152. The molecule has 0 heterocycles. The van der Waals surface area contributed by atoms with Gasteiger partial charge in [-0.05, 0) is 6.42 Å². The zero-order valence-corrected chi connectivity index (χ0v) is 11.9. The van der Waals surface area contributed by atoms with Gasteiger partial charge >= 0.3 is 0 Å². The smallest absolute Gasteiger partial charge is 0.198 e. The average Bonchev–Trinajstić information content (AvgIpc) is 2.52. The van der Waals surface area contributed by atoms with Crippen LogP contribution in [0.2, 0.25) is 0 Å². The molecule has 0 atom stereocenters. The Hall–Kier alpha value is -2.82. The van der Waals surface area contributed by atoms with Gasteiger partial charge in [0.05, 0.1) is 11.1 Å². The largest absolute Gasteiger partial charge is 0.507 e. The number of benzene rings is 2. The summed E-state index contributed by atoms with van der Waals surface area (Å²) in [6.07, 6.45) is 0.875. The number of carbonyl (C=O) groups excluding carboxylic acids is 2. The maximum absolute atomic E-state index is 12.6. The highest BCUT2D eigenvalue weighted by molar-refractivity contribution is 6.30. The normalized spacial score (nSPS) is 13.0. The molecule has 0 aromatic heterocycles. The number of hydrogen-bond donors (Lipinski definition) is 3. The molecule has 2 aromatic carbocycles. The lowest BCUT2D eigenvalue weighted by atomic mass is 9.81. The Bertz CT molecular complexity index is 820. The maximum atomic E-state index is 12.6. The Balaban J connectivity index is 2.38. The summed E-state index contributed by atoms with van der Waals surface area (Å²) in [6.45, 7) is 1.83. The summed E-state index contributed by atoms with van der Waals surface area (Å²) in [4.78, 5) is 25.1. The first-order chi connectivity index (χ1) is 10.5. The second-order valence-corrected chi connectivity index (χ2v) is 5.23. The van der Waals surface area contributed by atoms with Crippen LogP contribution in [-0.2, 0) is 6.42 Å². The van der Waals surface area contributed by atoms with E-state index in [1.165, 1.54) is 12.1 Å². The Morgan fingerprint density at radius 3 is 1.82 bits per heavy atom. The molecular weight excluding hydrogens is 284 g/mol. The molecule has 0 unspecified atom stereocenters. The Kier molecular flexibility index (Phi) is 3.13. The van der Waals surface area contributed by atoms with Crippen LogP contribution >= 0.6 is 0 Å². The van der Waals surface area contributed by atoms with Gasteiger partial charge in [0.25, 0.3) is 0 Å². The molecule has 22 heavy (non-hydrogen) atoms. The highest BCUT2D eigenvalue weighted by Gasteiger charge is 2.37. The first-order valence-corrected chi connectivity index (χ1v) is 6.97. The molecule has 1 aliphatic carbocycles. The van der Waals surface area contributed by atoms with E-state index in [0.29, 0.717) is 6.42 Å². The summed E-state index contributed by atoms with van der Waals surface area (Å²) in [6, 6.07) is 6.21. The van der Waals surface area contributed by atoms with Crippen molar-refractivity contribution in [2.75, 3.05) is 0 Å². The summed E-state index contributed by atoms with van der Waals surface area (Å²) < 4.78 is 0. The van der Waals surface area contributed by atoms with Crippen LogP contribution in [0, 0.1) is 0 Å². The fourth-order valence-corrected chi connectivity index (χ4v) is 2.84. The Morgan fingerprint density at radius 2 is 1.32 bits per heavy atom. The third-order valence-electron chi connectivity index (χ3n) is 3.89. The Labute approximate surface area is 126 Å². The maximum Gasteiger partial charge on any atom is 0.198 e. The van der Waals surface area contributed by atoms with Gasteiger partial charge in [-0.3, -0.25) is 9.59 Å². The van der Waals surface area contributed by atoms with Gasteiger partial charge < -0.3 is 15.3 Å². The lowest BCUT2D eigenvalue weighted by Crippen LogP contribution is -2.21. The van der Waals surface area contributed by atoms with Crippen molar-refractivity contribution in [2.24, 2.45) is 0 Å². The van der Waals surface area contributed by atoms with Crippen molar-refractivity contribution in [1.29, 1.82) is 0 Å². The van der Waals surface area contributed by atoms with Crippen LogP contribution in [0.15, 0.2) is 24.3 Å². The quantitative estimate of drug-likeness (QED) is 0.499. The minimum atomic E-state index is -0.649. The predicted octanol–water partition coefficient (Wildman–Crippen LogP) is 2.53. The topological polar surface area (TPSA) is 94.8 Å². The SMILES string of the molecule is CCCc1c(O)c(O)c2c(c1O)C(=O)c1ccccc1C2=O. The van der Waals surface area contributed by atoms with Crippen molar-refractivity contribution >= 4 is 11.6 Å². The number of phenolic OH excluding ortho intramolecular Hbond substituents is 3. The number of aromatic hydroxyl groups is 3. The fraction of sp³-hybridized carbons (Fsp3) is 0.176. The van der Waals surface area contributed by atoms with Crippen molar-refractivity contribution in [3.05, 3.63) is 52.1 Å². The van der Waals surface area contributed by atoms with E-state index in [9.17, 15) is 24.9 Å². The zero-order valence-electron chi connectivity index (χ0n) is 11.9. The summed E-state index contributed by atoms with van der Waals surface area (Å²) in [7, 11) is 0. The monoisotopic (exact) mass is 298 g/mol. The molecule has 2 aromatic rings. The second kappa shape index (κ2) is 4.87. The van der Waals surface area contributed by atoms with Crippen molar-refractivity contribution in [3.8, 4) is 17.2 Å². The van der Waals surface area contributed by atoms with Crippen molar-refractivity contribution in [2.45, 2.75) is 19.8 Å². The van der Waals surface area contributed by atoms with Crippen LogP contribution in [0.25, 0.3) is 0 Å². The van der Waals surface area contributed by atoms with E-state index in [-0.39, 0.29) is 34.2 Å². The van der Waals surface area contributed by atoms with E-state index in [4.69, 9.17) is 0 Å². The highest BCUT2D eigenvalue weighted by atomic mass is 16.3.